The predicted octanol–water partition coefficient (Wildman–Crippen LogP) is 4.53. The summed E-state index contributed by atoms with van der Waals surface area (Å²) >= 11 is 0. The fourth-order valence-electron chi connectivity index (χ4n) is 1.87. The molecule has 1 aromatic carbocycles. The Labute approximate surface area is 111 Å². The van der Waals surface area contributed by atoms with Crippen LogP contribution in [0, 0.1) is 0 Å². The van der Waals surface area contributed by atoms with Crippen LogP contribution in [0.15, 0.2) is 30.5 Å². The molecule has 2 rings (SSSR count). The van der Waals surface area contributed by atoms with E-state index in [9.17, 15) is 22.0 Å². The Bertz CT molecular complexity index is 584. The van der Waals surface area contributed by atoms with Crippen LogP contribution < -0.4 is 0 Å². The highest BCUT2D eigenvalue weighted by Crippen LogP contribution is 2.32. The number of hydrogen-bond acceptors (Lipinski definition) is 1. The lowest BCUT2D eigenvalue weighted by Gasteiger charge is -2.07. The minimum absolute atomic E-state index is 0.413. The molecule has 0 spiro atoms. The van der Waals surface area contributed by atoms with Gasteiger partial charge in [0.05, 0.1) is 11.3 Å². The summed E-state index contributed by atoms with van der Waals surface area (Å²) in [6, 6.07) is 4.37. The molecule has 0 amide bonds. The summed E-state index contributed by atoms with van der Waals surface area (Å²) in [4.78, 5) is 0. The van der Waals surface area contributed by atoms with E-state index in [1.807, 2.05) is 0 Å². The second-order valence-electron chi connectivity index (χ2n) is 4.18. The molecule has 0 atom stereocenters. The molecule has 0 unspecified atom stereocenters. The van der Waals surface area contributed by atoms with E-state index < -0.39 is 18.3 Å². The molecule has 0 saturated carbocycles. The van der Waals surface area contributed by atoms with Crippen LogP contribution in [0.5, 0.6) is 0 Å². The molecular weight excluding hydrogens is 279 g/mol. The van der Waals surface area contributed by atoms with Gasteiger partial charge in [-0.25, -0.2) is 4.68 Å². The number of halogens is 5. The molecule has 0 radical (unpaired) electrons. The average molecular weight is 290 g/mol. The first-order valence-electron chi connectivity index (χ1n) is 5.86. The molecule has 20 heavy (non-hydrogen) atoms. The molecule has 1 aromatic heterocycles. The molecule has 0 bridgehead atoms. The molecule has 0 aliphatic heterocycles. The fourth-order valence-corrected chi connectivity index (χ4v) is 1.87. The van der Waals surface area contributed by atoms with Crippen molar-refractivity contribution in [1.82, 2.24) is 9.78 Å². The second kappa shape index (κ2) is 5.22. The number of aromatic nitrogens is 2. The van der Waals surface area contributed by atoms with Gasteiger partial charge in [0.1, 0.15) is 0 Å². The lowest BCUT2D eigenvalue weighted by atomic mass is 10.0. The van der Waals surface area contributed by atoms with Crippen molar-refractivity contribution in [3.63, 3.8) is 0 Å². The summed E-state index contributed by atoms with van der Waals surface area (Å²) in [5, 5.41) is 3.72. The summed E-state index contributed by atoms with van der Waals surface area (Å²) in [6.07, 6.45) is -2.86. The molecule has 0 fully saturated rings. The molecule has 1 heterocycles. The molecule has 0 N–H and O–H groups in total. The third kappa shape index (κ3) is 2.81. The van der Waals surface area contributed by atoms with Crippen molar-refractivity contribution in [2.75, 3.05) is 0 Å². The minimum atomic E-state index is -4.42. The van der Waals surface area contributed by atoms with Gasteiger partial charge in [0.25, 0.3) is 0 Å². The average Bonchev–Trinajstić information content (AvgIpc) is 2.82. The van der Waals surface area contributed by atoms with Gasteiger partial charge in [-0.3, -0.25) is 0 Å². The predicted molar refractivity (Wildman–Crippen MR) is 63.3 cm³/mol. The van der Waals surface area contributed by atoms with Gasteiger partial charge in [-0.05, 0) is 24.1 Å². The molecular formula is C13H11F5N2. The van der Waals surface area contributed by atoms with Gasteiger partial charge >= 0.3 is 12.7 Å². The smallest absolute Gasteiger partial charge is 0.211 e. The summed E-state index contributed by atoms with van der Waals surface area (Å²) in [7, 11) is 0. The van der Waals surface area contributed by atoms with E-state index >= 15 is 0 Å². The lowest BCUT2D eigenvalue weighted by Crippen LogP contribution is -2.04. The van der Waals surface area contributed by atoms with Crippen LogP contribution in [0.1, 0.15) is 24.7 Å². The van der Waals surface area contributed by atoms with E-state index in [1.54, 1.807) is 6.92 Å². The van der Waals surface area contributed by atoms with E-state index in [-0.39, 0.29) is 0 Å². The number of aryl methyl sites for hydroxylation is 1. The fraction of sp³-hybridized carbons (Fsp3) is 0.308. The van der Waals surface area contributed by atoms with Gasteiger partial charge in [0, 0.05) is 11.8 Å². The zero-order valence-electron chi connectivity index (χ0n) is 10.5. The normalized spacial score (nSPS) is 12.2. The van der Waals surface area contributed by atoms with Crippen molar-refractivity contribution >= 4 is 0 Å². The largest absolute Gasteiger partial charge is 0.416 e. The summed E-state index contributed by atoms with van der Waals surface area (Å²) < 4.78 is 63.1. The third-order valence-corrected chi connectivity index (χ3v) is 2.87. The first-order chi connectivity index (χ1) is 9.32. The van der Waals surface area contributed by atoms with Crippen LogP contribution >= 0.6 is 0 Å². The number of hydrogen-bond donors (Lipinski definition) is 0. The highest BCUT2D eigenvalue weighted by atomic mass is 19.4. The van der Waals surface area contributed by atoms with Gasteiger partial charge in [0.2, 0.25) is 0 Å². The van der Waals surface area contributed by atoms with Crippen LogP contribution in [0.2, 0.25) is 0 Å². The Morgan fingerprint density at radius 1 is 1.15 bits per heavy atom. The minimum Gasteiger partial charge on any atom is -0.211 e. The van der Waals surface area contributed by atoms with Gasteiger partial charge in [-0.15, -0.1) is 0 Å². The Kier molecular flexibility index (Phi) is 3.78. The van der Waals surface area contributed by atoms with Crippen LogP contribution in [0.4, 0.5) is 22.0 Å². The van der Waals surface area contributed by atoms with Crippen molar-refractivity contribution in [3.8, 4) is 11.1 Å². The first-order valence-corrected chi connectivity index (χ1v) is 5.86. The molecule has 2 nitrogen and oxygen atoms in total. The van der Waals surface area contributed by atoms with Crippen molar-refractivity contribution in [1.29, 1.82) is 0 Å². The summed E-state index contributed by atoms with van der Waals surface area (Å²) in [6.45, 7) is -1.03. The molecule has 7 heteroatoms. The third-order valence-electron chi connectivity index (χ3n) is 2.87. The Morgan fingerprint density at radius 3 is 2.20 bits per heavy atom. The summed E-state index contributed by atoms with van der Waals surface area (Å²) in [5.74, 6) is 0. The van der Waals surface area contributed by atoms with E-state index in [4.69, 9.17) is 0 Å². The van der Waals surface area contributed by atoms with Crippen molar-refractivity contribution < 1.29 is 22.0 Å². The molecule has 0 saturated heterocycles. The molecule has 0 aliphatic carbocycles. The number of benzene rings is 1. The molecule has 2 aromatic rings. The van der Waals surface area contributed by atoms with E-state index in [1.165, 1.54) is 12.1 Å². The van der Waals surface area contributed by atoms with Gasteiger partial charge in [-0.1, -0.05) is 19.1 Å². The maximum absolute atomic E-state index is 12.6. The zero-order valence-corrected chi connectivity index (χ0v) is 10.5. The van der Waals surface area contributed by atoms with Crippen molar-refractivity contribution in [2.45, 2.75) is 26.1 Å². The molecule has 0 aliphatic rings. The highest BCUT2D eigenvalue weighted by molar-refractivity contribution is 5.65. The van der Waals surface area contributed by atoms with Crippen LogP contribution in [-0.2, 0) is 12.6 Å². The summed E-state index contributed by atoms with van der Waals surface area (Å²) in [5.41, 5.74) is 0.494. The monoisotopic (exact) mass is 290 g/mol. The van der Waals surface area contributed by atoms with Crippen LogP contribution in [0.25, 0.3) is 11.1 Å². The van der Waals surface area contributed by atoms with Crippen molar-refractivity contribution in [3.05, 3.63) is 41.7 Å². The standard InChI is InChI=1S/C13H11F5N2/c1-2-11-10(7-20(19-11)12(14)15)8-3-5-9(6-4-8)13(16,17)18/h3-7,12H,2H2,1H3. The molecule has 108 valence electrons. The Hall–Kier alpha value is -1.92. The van der Waals surface area contributed by atoms with Gasteiger partial charge in [-0.2, -0.15) is 27.1 Å². The number of rotatable bonds is 3. The topological polar surface area (TPSA) is 17.8 Å². The van der Waals surface area contributed by atoms with E-state index in [0.29, 0.717) is 27.9 Å². The number of nitrogens with zero attached hydrogens (tertiary/aromatic N) is 2. The SMILES string of the molecule is CCc1nn(C(F)F)cc1-c1ccc(C(F)(F)F)cc1. The Balaban J connectivity index is 2.41. The maximum Gasteiger partial charge on any atom is 0.416 e. The van der Waals surface area contributed by atoms with Crippen molar-refractivity contribution in [2.24, 2.45) is 0 Å². The van der Waals surface area contributed by atoms with E-state index in [0.717, 1.165) is 18.3 Å². The quantitative estimate of drug-likeness (QED) is 0.760. The van der Waals surface area contributed by atoms with E-state index in [2.05, 4.69) is 5.10 Å². The Morgan fingerprint density at radius 2 is 1.75 bits per heavy atom. The maximum atomic E-state index is 12.6. The van der Waals surface area contributed by atoms with Gasteiger partial charge in [0.15, 0.2) is 0 Å². The van der Waals surface area contributed by atoms with Crippen LogP contribution in [-0.4, -0.2) is 9.78 Å². The first kappa shape index (κ1) is 14.5. The number of alkyl halides is 5. The lowest BCUT2D eigenvalue weighted by molar-refractivity contribution is -0.137. The zero-order chi connectivity index (χ0) is 14.9. The second-order valence-corrected chi connectivity index (χ2v) is 4.18. The van der Waals surface area contributed by atoms with Crippen LogP contribution in [0.3, 0.4) is 0 Å². The highest BCUT2D eigenvalue weighted by Gasteiger charge is 2.30. The van der Waals surface area contributed by atoms with Gasteiger partial charge < -0.3 is 0 Å².